The molecule has 2 heterocycles. The van der Waals surface area contributed by atoms with Crippen LogP contribution in [0.25, 0.3) is 22.0 Å². The van der Waals surface area contributed by atoms with Gasteiger partial charge in [0.15, 0.2) is 0 Å². The molecule has 43 heavy (non-hydrogen) atoms. The Morgan fingerprint density at radius 1 is 0.907 bits per heavy atom. The number of nitrogens with two attached hydrogens (primary N) is 2. The van der Waals surface area contributed by atoms with Crippen molar-refractivity contribution in [2.75, 3.05) is 26.7 Å². The summed E-state index contributed by atoms with van der Waals surface area (Å²) in [4.78, 5) is 2.51. The molecule has 6 nitrogen and oxygen atoms in total. The minimum atomic E-state index is -4.76. The number of halogens is 3. The monoisotopic (exact) mass is 594 g/mol. The molecule has 0 unspecified atom stereocenters. The molecule has 0 bridgehead atoms. The van der Waals surface area contributed by atoms with Crippen molar-refractivity contribution in [3.8, 4) is 22.6 Å². The third kappa shape index (κ3) is 7.71. The number of methoxy groups -OCH3 is 1. The lowest BCUT2D eigenvalue weighted by Gasteiger charge is -2.32. The summed E-state index contributed by atoms with van der Waals surface area (Å²) in [5.41, 5.74) is 19.0. The van der Waals surface area contributed by atoms with Crippen LogP contribution in [-0.2, 0) is 26.1 Å². The van der Waals surface area contributed by atoms with Crippen LogP contribution in [0.15, 0.2) is 60.8 Å². The largest absolute Gasteiger partial charge is 0.573 e. The molecule has 1 aliphatic rings. The predicted octanol–water partition coefficient (Wildman–Crippen LogP) is 6.79. The zero-order valence-corrected chi connectivity index (χ0v) is 24.9. The highest BCUT2D eigenvalue weighted by atomic mass is 19.4. The molecule has 1 fully saturated rings. The van der Waals surface area contributed by atoms with Gasteiger partial charge in [0.05, 0.1) is 7.11 Å². The lowest BCUT2D eigenvalue weighted by Crippen LogP contribution is -2.33. The van der Waals surface area contributed by atoms with E-state index in [1.165, 1.54) is 28.8 Å². The van der Waals surface area contributed by atoms with Crippen molar-refractivity contribution in [2.24, 2.45) is 17.4 Å². The highest BCUT2D eigenvalue weighted by Crippen LogP contribution is 2.36. The van der Waals surface area contributed by atoms with Crippen LogP contribution in [0.5, 0.6) is 11.5 Å². The molecule has 9 heteroatoms. The summed E-state index contributed by atoms with van der Waals surface area (Å²) in [5.74, 6) is 1.30. The Balaban J connectivity index is 1.35. The van der Waals surface area contributed by atoms with Crippen LogP contribution in [0, 0.1) is 12.8 Å². The summed E-state index contributed by atoms with van der Waals surface area (Å²) >= 11 is 0. The van der Waals surface area contributed by atoms with E-state index < -0.39 is 6.36 Å². The third-order valence-electron chi connectivity index (χ3n) is 8.35. The minimum absolute atomic E-state index is 0.0871. The lowest BCUT2D eigenvalue weighted by molar-refractivity contribution is -0.274. The van der Waals surface area contributed by atoms with Crippen LogP contribution in [0.2, 0.25) is 0 Å². The first-order valence-electron chi connectivity index (χ1n) is 14.9. The summed E-state index contributed by atoms with van der Waals surface area (Å²) in [6, 6.07) is 17.4. The Morgan fingerprint density at radius 3 is 2.40 bits per heavy atom. The van der Waals surface area contributed by atoms with Gasteiger partial charge in [-0.2, -0.15) is 0 Å². The highest BCUT2D eigenvalue weighted by Gasteiger charge is 2.31. The van der Waals surface area contributed by atoms with Gasteiger partial charge in [0.2, 0.25) is 0 Å². The number of piperidine rings is 1. The number of benzene rings is 3. The van der Waals surface area contributed by atoms with Crippen LogP contribution in [0.4, 0.5) is 13.2 Å². The number of aromatic nitrogens is 1. The van der Waals surface area contributed by atoms with E-state index in [4.69, 9.17) is 16.2 Å². The number of fused-ring (bicyclic) bond motifs is 1. The Morgan fingerprint density at radius 2 is 1.70 bits per heavy atom. The van der Waals surface area contributed by atoms with Gasteiger partial charge in [-0.15, -0.1) is 13.2 Å². The van der Waals surface area contributed by atoms with Crippen molar-refractivity contribution >= 4 is 10.9 Å². The van der Waals surface area contributed by atoms with Crippen LogP contribution in [0.3, 0.4) is 0 Å². The quantitative estimate of drug-likeness (QED) is 0.200. The molecule has 0 radical (unpaired) electrons. The second kappa shape index (κ2) is 13.4. The van der Waals surface area contributed by atoms with E-state index in [-0.39, 0.29) is 12.3 Å². The average molecular weight is 595 g/mol. The number of hydrogen-bond donors (Lipinski definition) is 2. The fourth-order valence-electron chi connectivity index (χ4n) is 6.30. The zero-order valence-electron chi connectivity index (χ0n) is 24.9. The molecule has 1 aromatic heterocycles. The van der Waals surface area contributed by atoms with Crippen molar-refractivity contribution in [3.63, 3.8) is 0 Å². The molecular formula is C34H41F3N4O2. The minimum Gasteiger partial charge on any atom is -0.497 e. The van der Waals surface area contributed by atoms with Crippen molar-refractivity contribution < 1.29 is 22.6 Å². The van der Waals surface area contributed by atoms with E-state index in [2.05, 4.69) is 63.7 Å². The number of ether oxygens (including phenoxy) is 2. The van der Waals surface area contributed by atoms with E-state index in [0.29, 0.717) is 18.0 Å². The van der Waals surface area contributed by atoms with Gasteiger partial charge < -0.3 is 25.5 Å². The Labute approximate surface area is 251 Å². The molecule has 0 amide bonds. The molecule has 0 atom stereocenters. The number of likely N-dealkylation sites (tertiary alicyclic amines) is 1. The molecule has 1 aliphatic heterocycles. The van der Waals surface area contributed by atoms with Crippen LogP contribution in [0.1, 0.15) is 41.5 Å². The van der Waals surface area contributed by atoms with Crippen LogP contribution >= 0.6 is 0 Å². The average Bonchev–Trinajstić information content (AvgIpc) is 3.33. The number of rotatable bonds is 11. The number of nitrogens with zero attached hydrogens (tertiary/aromatic N) is 2. The molecule has 4 N–H and O–H groups in total. The Kier molecular flexibility index (Phi) is 9.64. The SMILES string of the molecule is COc1cc(C)cc(CC2CCN(Cc3ccc4c(c3)c(-c3ccc(OC(F)(F)F)cc3CN)cn4CCCN)CC2)c1. The number of aryl methyl sites for hydroxylation is 2. The molecule has 0 spiro atoms. The van der Waals surface area contributed by atoms with Crippen molar-refractivity contribution in [1.82, 2.24) is 9.47 Å². The van der Waals surface area contributed by atoms with Crippen LogP contribution < -0.4 is 20.9 Å². The van der Waals surface area contributed by atoms with Crippen LogP contribution in [-0.4, -0.2) is 42.6 Å². The first-order valence-corrected chi connectivity index (χ1v) is 14.9. The fraction of sp³-hybridized carbons (Fsp3) is 0.412. The second-order valence-electron chi connectivity index (χ2n) is 11.6. The summed E-state index contributed by atoms with van der Waals surface area (Å²) in [5, 5.41) is 1.05. The van der Waals surface area contributed by atoms with E-state index >= 15 is 0 Å². The van der Waals surface area contributed by atoms with Gasteiger partial charge in [0.1, 0.15) is 11.5 Å². The van der Waals surface area contributed by atoms with E-state index in [1.54, 1.807) is 13.2 Å². The lowest BCUT2D eigenvalue weighted by atomic mass is 9.89. The van der Waals surface area contributed by atoms with Gasteiger partial charge in [0, 0.05) is 42.3 Å². The molecule has 230 valence electrons. The highest BCUT2D eigenvalue weighted by molar-refractivity contribution is 5.97. The molecule has 5 rings (SSSR count). The van der Waals surface area contributed by atoms with Crippen molar-refractivity contribution in [1.29, 1.82) is 0 Å². The number of hydrogen-bond acceptors (Lipinski definition) is 5. The van der Waals surface area contributed by atoms with E-state index in [9.17, 15) is 13.2 Å². The fourth-order valence-corrected chi connectivity index (χ4v) is 6.30. The van der Waals surface area contributed by atoms with Gasteiger partial charge >= 0.3 is 6.36 Å². The molecular weight excluding hydrogens is 553 g/mol. The summed E-state index contributed by atoms with van der Waals surface area (Å²) < 4.78 is 50.4. The van der Waals surface area contributed by atoms with E-state index in [0.717, 1.165) is 79.6 Å². The standard InChI is InChI=1S/C34H41F3N4O2/c1-23-14-26(17-29(15-23)42-2)16-24-8-12-40(13-9-24)21-25-4-7-33-31(18-25)32(22-41(33)11-3-10-38)30-6-5-28(19-27(30)20-39)43-34(35,36)37/h4-7,14-15,17-19,22,24H,3,8-13,16,20-21,38-39H2,1-2H3. The summed E-state index contributed by atoms with van der Waals surface area (Å²) in [6.07, 6.45) is 1.47. The van der Waals surface area contributed by atoms with Gasteiger partial charge in [-0.05, 0) is 122 Å². The Bertz CT molecular complexity index is 1540. The zero-order chi connectivity index (χ0) is 30.6. The maximum Gasteiger partial charge on any atom is 0.573 e. The van der Waals surface area contributed by atoms with E-state index in [1.807, 2.05) is 0 Å². The van der Waals surface area contributed by atoms with Gasteiger partial charge in [0.25, 0.3) is 0 Å². The maximum absolute atomic E-state index is 12.9. The van der Waals surface area contributed by atoms with Gasteiger partial charge in [-0.1, -0.05) is 18.2 Å². The topological polar surface area (TPSA) is 78.7 Å². The second-order valence-corrected chi connectivity index (χ2v) is 11.6. The molecule has 4 aromatic rings. The first-order chi connectivity index (χ1) is 20.6. The smallest absolute Gasteiger partial charge is 0.497 e. The molecule has 0 aliphatic carbocycles. The van der Waals surface area contributed by atoms with Crippen molar-refractivity contribution in [2.45, 2.75) is 58.6 Å². The van der Waals surface area contributed by atoms with Crippen molar-refractivity contribution in [3.05, 3.63) is 83.0 Å². The molecule has 1 saturated heterocycles. The normalized spacial score (nSPS) is 14.9. The predicted molar refractivity (Wildman–Crippen MR) is 165 cm³/mol. The maximum atomic E-state index is 12.9. The van der Waals surface area contributed by atoms with Gasteiger partial charge in [-0.3, -0.25) is 4.90 Å². The van der Waals surface area contributed by atoms with Gasteiger partial charge in [-0.25, -0.2) is 0 Å². The number of alkyl halides is 3. The third-order valence-corrected chi connectivity index (χ3v) is 8.35. The first kappa shape index (κ1) is 30.9. The molecule has 3 aromatic carbocycles. The molecule has 0 saturated carbocycles. The Hall–Kier alpha value is -3.53. The summed E-state index contributed by atoms with van der Waals surface area (Å²) in [6.45, 7) is 6.43. The summed E-state index contributed by atoms with van der Waals surface area (Å²) in [7, 11) is 1.72.